The minimum absolute atomic E-state index is 0.461. The maximum absolute atomic E-state index is 6.93. The van der Waals surface area contributed by atoms with Crippen LogP contribution in [0.5, 0.6) is 0 Å². The molecule has 0 amide bonds. The molecule has 0 saturated carbocycles. The Balaban J connectivity index is 3.58. The summed E-state index contributed by atoms with van der Waals surface area (Å²) in [7, 11) is 0. The van der Waals surface area contributed by atoms with Crippen LogP contribution in [0, 0.1) is 5.41 Å². The number of allylic oxidation sites excluding steroid dienone is 3. The largest absolute Gasteiger partial charge is 0.301 e. The summed E-state index contributed by atoms with van der Waals surface area (Å²) in [5, 5.41) is 6.93. The van der Waals surface area contributed by atoms with Crippen molar-refractivity contribution in [2.24, 2.45) is 0 Å². The molecular formula is C6H9N. The van der Waals surface area contributed by atoms with Gasteiger partial charge in [-0.25, -0.2) is 0 Å². The van der Waals surface area contributed by atoms with Crippen molar-refractivity contribution >= 4 is 5.71 Å². The highest BCUT2D eigenvalue weighted by atomic mass is 14.4. The molecule has 0 atom stereocenters. The van der Waals surface area contributed by atoms with Crippen LogP contribution < -0.4 is 0 Å². The standard InChI is InChI=1S/C6H9N/c1-3-5-6(7)4-2/h3-5,7H,2H2,1H3. The summed E-state index contributed by atoms with van der Waals surface area (Å²) in [5.74, 6) is 0. The minimum Gasteiger partial charge on any atom is -0.301 e. The van der Waals surface area contributed by atoms with Gasteiger partial charge in [0.1, 0.15) is 0 Å². The highest BCUT2D eigenvalue weighted by Crippen LogP contribution is 1.75. The van der Waals surface area contributed by atoms with Gasteiger partial charge < -0.3 is 5.41 Å². The SMILES string of the molecule is C=CC(=N)C=CC. The Morgan fingerprint density at radius 3 is 2.43 bits per heavy atom. The lowest BCUT2D eigenvalue weighted by atomic mass is 10.3. The molecule has 0 aliphatic rings. The topological polar surface area (TPSA) is 23.9 Å². The molecule has 1 heteroatoms. The van der Waals surface area contributed by atoms with Crippen LogP contribution in [0.3, 0.4) is 0 Å². The number of rotatable bonds is 2. The maximum Gasteiger partial charge on any atom is 0.0530 e. The zero-order valence-electron chi connectivity index (χ0n) is 4.44. The molecule has 0 fully saturated rings. The van der Waals surface area contributed by atoms with Gasteiger partial charge in [0.05, 0.1) is 5.71 Å². The van der Waals surface area contributed by atoms with E-state index in [9.17, 15) is 0 Å². The Hall–Kier alpha value is -0.850. The molecule has 0 bridgehead atoms. The summed E-state index contributed by atoms with van der Waals surface area (Å²) in [6.45, 7) is 5.28. The zero-order chi connectivity index (χ0) is 5.70. The quantitative estimate of drug-likeness (QED) is 0.505. The Morgan fingerprint density at radius 1 is 1.71 bits per heavy atom. The molecule has 0 saturated heterocycles. The highest BCUT2D eigenvalue weighted by molar-refractivity contribution is 6.00. The van der Waals surface area contributed by atoms with Gasteiger partial charge in [0.15, 0.2) is 0 Å². The van der Waals surface area contributed by atoms with Crippen LogP contribution in [0.15, 0.2) is 24.8 Å². The van der Waals surface area contributed by atoms with E-state index in [2.05, 4.69) is 6.58 Å². The second kappa shape index (κ2) is 3.34. The van der Waals surface area contributed by atoms with Crippen LogP contribution in [-0.2, 0) is 0 Å². The van der Waals surface area contributed by atoms with E-state index >= 15 is 0 Å². The van der Waals surface area contributed by atoms with Crippen LogP contribution in [-0.4, -0.2) is 5.71 Å². The molecule has 7 heavy (non-hydrogen) atoms. The summed E-state index contributed by atoms with van der Waals surface area (Å²) in [6.07, 6.45) is 5.00. The summed E-state index contributed by atoms with van der Waals surface area (Å²) in [4.78, 5) is 0. The van der Waals surface area contributed by atoms with Crippen molar-refractivity contribution in [1.29, 1.82) is 5.41 Å². The van der Waals surface area contributed by atoms with Crippen LogP contribution in [0.4, 0.5) is 0 Å². The second-order valence-electron chi connectivity index (χ2n) is 1.16. The Morgan fingerprint density at radius 2 is 2.29 bits per heavy atom. The summed E-state index contributed by atoms with van der Waals surface area (Å²) in [6, 6.07) is 0. The lowest BCUT2D eigenvalue weighted by Crippen LogP contribution is -1.78. The van der Waals surface area contributed by atoms with Crippen molar-refractivity contribution in [3.63, 3.8) is 0 Å². The number of nitrogens with one attached hydrogen (secondary N) is 1. The van der Waals surface area contributed by atoms with E-state index in [1.54, 1.807) is 6.08 Å². The van der Waals surface area contributed by atoms with Crippen LogP contribution in [0.1, 0.15) is 6.92 Å². The summed E-state index contributed by atoms with van der Waals surface area (Å²) >= 11 is 0. The van der Waals surface area contributed by atoms with E-state index in [1.807, 2.05) is 13.0 Å². The van der Waals surface area contributed by atoms with Gasteiger partial charge in [-0.1, -0.05) is 12.7 Å². The Bertz CT molecular complexity index is 101. The van der Waals surface area contributed by atoms with Crippen LogP contribution in [0.2, 0.25) is 0 Å². The second-order valence-corrected chi connectivity index (χ2v) is 1.16. The van der Waals surface area contributed by atoms with Gasteiger partial charge in [-0.3, -0.25) is 0 Å². The monoisotopic (exact) mass is 95.1 g/mol. The van der Waals surface area contributed by atoms with Gasteiger partial charge in [-0.15, -0.1) is 0 Å². The molecule has 1 nitrogen and oxygen atoms in total. The van der Waals surface area contributed by atoms with Crippen molar-refractivity contribution in [3.8, 4) is 0 Å². The van der Waals surface area contributed by atoms with Crippen molar-refractivity contribution in [1.82, 2.24) is 0 Å². The lowest BCUT2D eigenvalue weighted by molar-refractivity contribution is 1.53. The molecular weight excluding hydrogens is 86.1 g/mol. The molecule has 0 rings (SSSR count). The third-order valence-corrected chi connectivity index (χ3v) is 0.566. The number of hydrogen-bond acceptors (Lipinski definition) is 1. The van der Waals surface area contributed by atoms with E-state index in [1.165, 1.54) is 6.08 Å². The van der Waals surface area contributed by atoms with E-state index in [-0.39, 0.29) is 0 Å². The first-order valence-corrected chi connectivity index (χ1v) is 2.15. The fourth-order valence-electron chi connectivity index (χ4n) is 0.248. The lowest BCUT2D eigenvalue weighted by Gasteiger charge is -1.77. The summed E-state index contributed by atoms with van der Waals surface area (Å²) in [5.41, 5.74) is 0.461. The molecule has 0 radical (unpaired) electrons. The van der Waals surface area contributed by atoms with Gasteiger partial charge in [0.25, 0.3) is 0 Å². The first-order valence-electron chi connectivity index (χ1n) is 2.15. The Kier molecular flexibility index (Phi) is 2.94. The van der Waals surface area contributed by atoms with Gasteiger partial charge in [-0.2, -0.15) is 0 Å². The molecule has 1 N–H and O–H groups in total. The molecule has 0 unspecified atom stereocenters. The van der Waals surface area contributed by atoms with Gasteiger partial charge in [-0.05, 0) is 19.1 Å². The zero-order valence-corrected chi connectivity index (χ0v) is 4.44. The molecule has 0 aromatic heterocycles. The van der Waals surface area contributed by atoms with Crippen molar-refractivity contribution in [2.75, 3.05) is 0 Å². The molecule has 0 aliphatic heterocycles. The highest BCUT2D eigenvalue weighted by Gasteiger charge is 1.72. The van der Waals surface area contributed by atoms with Crippen LogP contribution in [0.25, 0.3) is 0 Å². The van der Waals surface area contributed by atoms with E-state index in [4.69, 9.17) is 5.41 Å². The normalized spacial score (nSPS) is 9.29. The minimum atomic E-state index is 0.461. The first-order chi connectivity index (χ1) is 3.31. The number of hydrogen-bond donors (Lipinski definition) is 1. The fraction of sp³-hybridized carbons (Fsp3) is 0.167. The van der Waals surface area contributed by atoms with E-state index < -0.39 is 0 Å². The molecule has 38 valence electrons. The average molecular weight is 95.1 g/mol. The van der Waals surface area contributed by atoms with Gasteiger partial charge in [0, 0.05) is 0 Å². The predicted octanol–water partition coefficient (Wildman–Crippen LogP) is 1.77. The predicted molar refractivity (Wildman–Crippen MR) is 32.7 cm³/mol. The third-order valence-electron chi connectivity index (χ3n) is 0.566. The Labute approximate surface area is 43.9 Å². The van der Waals surface area contributed by atoms with Crippen molar-refractivity contribution in [3.05, 3.63) is 24.8 Å². The smallest absolute Gasteiger partial charge is 0.0530 e. The molecule has 0 aromatic carbocycles. The third kappa shape index (κ3) is 2.97. The fourth-order valence-corrected chi connectivity index (χ4v) is 0.248. The van der Waals surface area contributed by atoms with Crippen molar-refractivity contribution < 1.29 is 0 Å². The molecule has 0 aromatic rings. The van der Waals surface area contributed by atoms with E-state index in [0.29, 0.717) is 5.71 Å². The average Bonchev–Trinajstić information content (AvgIpc) is 1.68. The summed E-state index contributed by atoms with van der Waals surface area (Å²) < 4.78 is 0. The van der Waals surface area contributed by atoms with Gasteiger partial charge >= 0.3 is 0 Å². The molecule has 0 heterocycles. The van der Waals surface area contributed by atoms with Crippen LogP contribution >= 0.6 is 0 Å². The van der Waals surface area contributed by atoms with Gasteiger partial charge in [0.2, 0.25) is 0 Å². The van der Waals surface area contributed by atoms with E-state index in [0.717, 1.165) is 0 Å². The molecule has 0 aliphatic carbocycles. The van der Waals surface area contributed by atoms with Crippen molar-refractivity contribution in [2.45, 2.75) is 6.92 Å². The first kappa shape index (κ1) is 6.15. The maximum atomic E-state index is 6.93. The molecule has 0 spiro atoms.